The van der Waals surface area contributed by atoms with E-state index in [1.54, 1.807) is 26.6 Å². The van der Waals surface area contributed by atoms with E-state index in [4.69, 9.17) is 4.74 Å². The summed E-state index contributed by atoms with van der Waals surface area (Å²) in [6, 6.07) is 8.04. The van der Waals surface area contributed by atoms with Gasteiger partial charge in [0.15, 0.2) is 0 Å². The molecule has 0 bridgehead atoms. The molecule has 160 valence electrons. The standard InChI is InChI=1S/C22H29N5O3/c1-17(28)24(2)19-12-23-27(14-19)21(29)26-10-8-22(9-11-26)15-25(16-22)13-18-6-4-5-7-20(18)30-3/h4-7,12,14H,8-11,13,15-16H2,1-3H3. The lowest BCUT2D eigenvalue weighted by atomic mass is 9.72. The van der Waals surface area contributed by atoms with Gasteiger partial charge in [-0.1, -0.05) is 18.2 Å². The van der Waals surface area contributed by atoms with Crippen molar-refractivity contribution in [3.63, 3.8) is 0 Å². The molecule has 4 rings (SSSR count). The molecule has 1 spiro atoms. The van der Waals surface area contributed by atoms with E-state index in [0.717, 1.165) is 51.3 Å². The Hall–Kier alpha value is -2.87. The quantitative estimate of drug-likeness (QED) is 0.773. The molecule has 8 heteroatoms. The van der Waals surface area contributed by atoms with Crippen molar-refractivity contribution >= 4 is 17.6 Å². The normalized spacial score (nSPS) is 18.2. The molecule has 30 heavy (non-hydrogen) atoms. The zero-order chi connectivity index (χ0) is 21.3. The third-order valence-corrected chi connectivity index (χ3v) is 6.42. The van der Waals surface area contributed by atoms with Crippen LogP contribution in [0.5, 0.6) is 5.75 Å². The van der Waals surface area contributed by atoms with Gasteiger partial charge in [0, 0.05) is 52.3 Å². The fraction of sp³-hybridized carbons (Fsp3) is 0.500. The Morgan fingerprint density at radius 3 is 2.57 bits per heavy atom. The number of hydrogen-bond acceptors (Lipinski definition) is 5. The zero-order valence-electron chi connectivity index (χ0n) is 17.9. The number of carbonyl (C=O) groups is 2. The Balaban J connectivity index is 1.29. The zero-order valence-corrected chi connectivity index (χ0v) is 17.9. The highest BCUT2D eigenvalue weighted by atomic mass is 16.5. The summed E-state index contributed by atoms with van der Waals surface area (Å²) in [5, 5.41) is 4.15. The second-order valence-corrected chi connectivity index (χ2v) is 8.45. The summed E-state index contributed by atoms with van der Waals surface area (Å²) in [6.45, 7) is 5.97. The first-order valence-electron chi connectivity index (χ1n) is 10.3. The van der Waals surface area contributed by atoms with Crippen LogP contribution in [0, 0.1) is 5.41 Å². The molecule has 0 unspecified atom stereocenters. The first-order chi connectivity index (χ1) is 14.4. The Bertz CT molecular complexity index is 924. The second-order valence-electron chi connectivity index (χ2n) is 8.45. The third-order valence-electron chi connectivity index (χ3n) is 6.42. The van der Waals surface area contributed by atoms with Crippen LogP contribution in [-0.2, 0) is 11.3 Å². The number of nitrogens with zero attached hydrogens (tertiary/aromatic N) is 5. The number of piperidine rings is 1. The number of anilines is 1. The molecule has 3 heterocycles. The first kappa shape index (κ1) is 20.4. The maximum atomic E-state index is 12.8. The van der Waals surface area contributed by atoms with E-state index >= 15 is 0 Å². The number of aromatic nitrogens is 2. The van der Waals surface area contributed by atoms with Gasteiger partial charge in [-0.2, -0.15) is 9.78 Å². The van der Waals surface area contributed by atoms with Gasteiger partial charge < -0.3 is 14.5 Å². The van der Waals surface area contributed by atoms with Gasteiger partial charge in [0.05, 0.1) is 25.2 Å². The highest BCUT2D eigenvalue weighted by Crippen LogP contribution is 2.41. The number of ether oxygens (including phenoxy) is 1. The number of likely N-dealkylation sites (tertiary alicyclic amines) is 2. The summed E-state index contributed by atoms with van der Waals surface area (Å²) < 4.78 is 6.80. The van der Waals surface area contributed by atoms with Crippen LogP contribution in [0.15, 0.2) is 36.7 Å². The molecule has 1 aromatic heterocycles. The van der Waals surface area contributed by atoms with Crippen LogP contribution in [0.3, 0.4) is 0 Å². The van der Waals surface area contributed by atoms with Crippen molar-refractivity contribution in [2.24, 2.45) is 5.41 Å². The lowest BCUT2D eigenvalue weighted by Gasteiger charge is -2.54. The summed E-state index contributed by atoms with van der Waals surface area (Å²) in [4.78, 5) is 30.1. The molecule has 0 radical (unpaired) electrons. The van der Waals surface area contributed by atoms with Crippen LogP contribution >= 0.6 is 0 Å². The summed E-state index contributed by atoms with van der Waals surface area (Å²) >= 11 is 0. The minimum atomic E-state index is -0.127. The monoisotopic (exact) mass is 411 g/mol. The predicted molar refractivity (Wildman–Crippen MR) is 114 cm³/mol. The fourth-order valence-electron chi connectivity index (χ4n) is 4.50. The molecule has 2 aliphatic heterocycles. The Kier molecular flexibility index (Phi) is 5.51. The van der Waals surface area contributed by atoms with Gasteiger partial charge in [0.25, 0.3) is 0 Å². The van der Waals surface area contributed by atoms with Crippen LogP contribution in [0.4, 0.5) is 10.5 Å². The highest BCUT2D eigenvalue weighted by molar-refractivity contribution is 5.91. The molecule has 0 N–H and O–H groups in total. The molecule has 2 aliphatic rings. The summed E-state index contributed by atoms with van der Waals surface area (Å²) in [5.74, 6) is 0.845. The third kappa shape index (κ3) is 3.92. The van der Waals surface area contributed by atoms with E-state index in [1.165, 1.54) is 22.1 Å². The lowest BCUT2D eigenvalue weighted by Crippen LogP contribution is -2.60. The number of carbonyl (C=O) groups excluding carboxylic acids is 2. The maximum absolute atomic E-state index is 12.8. The molecule has 1 aromatic carbocycles. The summed E-state index contributed by atoms with van der Waals surface area (Å²) in [7, 11) is 3.38. The van der Waals surface area contributed by atoms with E-state index in [-0.39, 0.29) is 11.9 Å². The van der Waals surface area contributed by atoms with Gasteiger partial charge in [-0.3, -0.25) is 9.69 Å². The van der Waals surface area contributed by atoms with Crippen molar-refractivity contribution < 1.29 is 14.3 Å². The van der Waals surface area contributed by atoms with Crippen LogP contribution in [0.2, 0.25) is 0 Å². The summed E-state index contributed by atoms with van der Waals surface area (Å²) in [6.07, 6.45) is 5.17. The van der Waals surface area contributed by atoms with E-state index in [2.05, 4.69) is 16.1 Å². The van der Waals surface area contributed by atoms with E-state index in [1.807, 2.05) is 23.1 Å². The van der Waals surface area contributed by atoms with Crippen LogP contribution in [-0.4, -0.2) is 71.9 Å². The number of para-hydroxylation sites is 1. The van der Waals surface area contributed by atoms with Gasteiger partial charge >= 0.3 is 6.03 Å². The van der Waals surface area contributed by atoms with Crippen molar-refractivity contribution in [1.82, 2.24) is 19.6 Å². The van der Waals surface area contributed by atoms with E-state index < -0.39 is 0 Å². The first-order valence-corrected chi connectivity index (χ1v) is 10.3. The number of rotatable bonds is 4. The lowest BCUT2D eigenvalue weighted by molar-refractivity contribution is -0.116. The minimum absolute atomic E-state index is 0.0930. The Morgan fingerprint density at radius 1 is 1.20 bits per heavy atom. The van der Waals surface area contributed by atoms with Crippen molar-refractivity contribution in [2.45, 2.75) is 26.3 Å². The topological polar surface area (TPSA) is 70.9 Å². The van der Waals surface area contributed by atoms with Crippen molar-refractivity contribution in [3.8, 4) is 5.75 Å². The van der Waals surface area contributed by atoms with Gasteiger partial charge in [-0.25, -0.2) is 4.79 Å². The van der Waals surface area contributed by atoms with Crippen molar-refractivity contribution in [3.05, 3.63) is 42.2 Å². The van der Waals surface area contributed by atoms with E-state index in [9.17, 15) is 9.59 Å². The Labute approximate surface area is 177 Å². The molecule has 0 aliphatic carbocycles. The number of benzene rings is 1. The van der Waals surface area contributed by atoms with Gasteiger partial charge in [-0.15, -0.1) is 0 Å². The number of hydrogen-bond donors (Lipinski definition) is 0. The fourth-order valence-corrected chi connectivity index (χ4v) is 4.50. The molecule has 2 aromatic rings. The van der Waals surface area contributed by atoms with Crippen LogP contribution in [0.25, 0.3) is 0 Å². The average Bonchev–Trinajstić information content (AvgIpc) is 3.22. The van der Waals surface area contributed by atoms with Gasteiger partial charge in [0.1, 0.15) is 5.75 Å². The number of methoxy groups -OCH3 is 1. The molecule has 2 fully saturated rings. The highest BCUT2D eigenvalue weighted by Gasteiger charge is 2.45. The molecule has 0 saturated carbocycles. The van der Waals surface area contributed by atoms with Gasteiger partial charge in [-0.05, 0) is 24.3 Å². The van der Waals surface area contributed by atoms with Crippen LogP contribution in [0.1, 0.15) is 25.3 Å². The molecular formula is C22H29N5O3. The van der Waals surface area contributed by atoms with Crippen molar-refractivity contribution in [2.75, 3.05) is 45.2 Å². The smallest absolute Gasteiger partial charge is 0.344 e. The Morgan fingerprint density at radius 2 is 1.90 bits per heavy atom. The molecular weight excluding hydrogens is 382 g/mol. The molecule has 2 saturated heterocycles. The molecule has 2 amide bonds. The summed E-state index contributed by atoms with van der Waals surface area (Å²) in [5.41, 5.74) is 2.14. The maximum Gasteiger partial charge on any atom is 0.344 e. The SMILES string of the molecule is COc1ccccc1CN1CC2(CCN(C(=O)n3cc(N(C)C(C)=O)cn3)CC2)C1. The van der Waals surface area contributed by atoms with E-state index in [0.29, 0.717) is 11.1 Å². The number of amides is 2. The van der Waals surface area contributed by atoms with Gasteiger partial charge in [0.2, 0.25) is 5.91 Å². The average molecular weight is 412 g/mol. The predicted octanol–water partition coefficient (Wildman–Crippen LogP) is 2.44. The molecule has 0 atom stereocenters. The molecule has 8 nitrogen and oxygen atoms in total. The largest absolute Gasteiger partial charge is 0.496 e. The second kappa shape index (κ2) is 8.10. The van der Waals surface area contributed by atoms with Crippen molar-refractivity contribution in [1.29, 1.82) is 0 Å². The van der Waals surface area contributed by atoms with Crippen LogP contribution < -0.4 is 9.64 Å². The minimum Gasteiger partial charge on any atom is -0.496 e.